The van der Waals surface area contributed by atoms with Gasteiger partial charge in [0, 0.05) is 12.1 Å². The van der Waals surface area contributed by atoms with E-state index < -0.39 is 0 Å². The molecule has 2 aliphatic rings. The highest BCUT2D eigenvalue weighted by atomic mass is 32.1. The van der Waals surface area contributed by atoms with Crippen molar-refractivity contribution in [3.05, 3.63) is 45.9 Å². The van der Waals surface area contributed by atoms with E-state index in [9.17, 15) is 4.39 Å². The molecule has 1 atom stereocenters. The highest BCUT2D eigenvalue weighted by molar-refractivity contribution is 7.10. The summed E-state index contributed by atoms with van der Waals surface area (Å²) in [6.07, 6.45) is 6.72. The number of rotatable bonds is 6. The number of halogens is 1. The average Bonchev–Trinajstić information content (AvgIpc) is 3.28. The molecule has 0 saturated heterocycles. The second-order valence-electron chi connectivity index (χ2n) is 7.45. The van der Waals surface area contributed by atoms with Crippen molar-refractivity contribution in [3.63, 3.8) is 0 Å². The van der Waals surface area contributed by atoms with Crippen LogP contribution in [0.1, 0.15) is 54.9 Å². The largest absolute Gasteiger partial charge is 0.496 e. The number of thiophene rings is 1. The molecule has 1 fully saturated rings. The third-order valence-electron chi connectivity index (χ3n) is 5.75. The van der Waals surface area contributed by atoms with Crippen molar-refractivity contribution < 1.29 is 13.9 Å². The molecule has 140 valence electrons. The lowest BCUT2D eigenvalue weighted by Gasteiger charge is -2.40. The monoisotopic (exact) mass is 375 g/mol. The summed E-state index contributed by atoms with van der Waals surface area (Å²) >= 11 is 1.71. The molecular formula is C21H26FNO2S. The molecule has 1 aliphatic heterocycles. The maximum atomic E-state index is 13.8. The Balaban J connectivity index is 1.42. The fraction of sp³-hybridized carbons (Fsp3) is 0.524. The lowest BCUT2D eigenvalue weighted by Crippen LogP contribution is -2.39. The molecule has 2 heterocycles. The summed E-state index contributed by atoms with van der Waals surface area (Å²) in [6, 6.07) is 7.01. The number of benzene rings is 1. The number of hydrogen-bond donors (Lipinski definition) is 1. The van der Waals surface area contributed by atoms with Crippen LogP contribution in [-0.2, 0) is 6.54 Å². The van der Waals surface area contributed by atoms with Gasteiger partial charge in [0.25, 0.3) is 0 Å². The van der Waals surface area contributed by atoms with E-state index in [1.165, 1.54) is 23.8 Å². The van der Waals surface area contributed by atoms with Crippen molar-refractivity contribution in [1.82, 2.24) is 5.32 Å². The molecule has 3 nitrogen and oxygen atoms in total. The Morgan fingerprint density at radius 3 is 2.96 bits per heavy atom. The SMILES string of the molecule is COc1ccsc1CNCCC1CC2(CCCC2)Oc2ccc(F)cc21. The van der Waals surface area contributed by atoms with Crippen molar-refractivity contribution in [1.29, 1.82) is 0 Å². The number of hydrogen-bond acceptors (Lipinski definition) is 4. The maximum absolute atomic E-state index is 13.8. The van der Waals surface area contributed by atoms with Crippen molar-refractivity contribution in [2.75, 3.05) is 13.7 Å². The molecule has 1 saturated carbocycles. The van der Waals surface area contributed by atoms with Crippen LogP contribution in [0.2, 0.25) is 0 Å². The fourth-order valence-corrected chi connectivity index (χ4v) is 5.27. The molecule has 1 aliphatic carbocycles. The molecule has 0 radical (unpaired) electrons. The zero-order chi connectivity index (χ0) is 18.0. The molecule has 1 aromatic heterocycles. The number of methoxy groups -OCH3 is 1. The van der Waals surface area contributed by atoms with Crippen LogP contribution in [0.15, 0.2) is 29.6 Å². The lowest BCUT2D eigenvalue weighted by atomic mass is 9.80. The zero-order valence-electron chi connectivity index (χ0n) is 15.2. The highest BCUT2D eigenvalue weighted by Gasteiger charge is 2.42. The van der Waals surface area contributed by atoms with E-state index in [0.29, 0.717) is 5.92 Å². The molecule has 26 heavy (non-hydrogen) atoms. The molecule has 1 N–H and O–H groups in total. The average molecular weight is 376 g/mol. The summed E-state index contributed by atoms with van der Waals surface area (Å²) < 4.78 is 25.5. The van der Waals surface area contributed by atoms with E-state index in [2.05, 4.69) is 10.7 Å². The predicted molar refractivity (Wildman–Crippen MR) is 103 cm³/mol. The molecule has 0 bridgehead atoms. The Labute approximate surface area is 158 Å². The Hall–Kier alpha value is -1.59. The van der Waals surface area contributed by atoms with Gasteiger partial charge in [-0.2, -0.15) is 0 Å². The molecule has 0 amide bonds. The van der Waals surface area contributed by atoms with Gasteiger partial charge in [-0.25, -0.2) is 4.39 Å². The minimum absolute atomic E-state index is 0.0214. The standard InChI is InChI=1S/C21H26FNO2S/c1-24-19-7-11-26-20(19)14-23-10-6-15-13-21(8-2-3-9-21)25-18-5-4-16(22)12-17(15)18/h4-5,7,11-12,15,23H,2-3,6,8-10,13-14H2,1H3. The normalized spacial score (nSPS) is 20.8. The topological polar surface area (TPSA) is 30.5 Å². The summed E-state index contributed by atoms with van der Waals surface area (Å²) in [4.78, 5) is 1.22. The van der Waals surface area contributed by atoms with Gasteiger partial charge in [-0.15, -0.1) is 11.3 Å². The summed E-state index contributed by atoms with van der Waals surface area (Å²) in [7, 11) is 1.71. The highest BCUT2D eigenvalue weighted by Crippen LogP contribution is 2.49. The van der Waals surface area contributed by atoms with Gasteiger partial charge >= 0.3 is 0 Å². The van der Waals surface area contributed by atoms with Gasteiger partial charge < -0.3 is 14.8 Å². The molecule has 1 unspecified atom stereocenters. The fourth-order valence-electron chi connectivity index (χ4n) is 4.47. The molecule has 1 spiro atoms. The summed E-state index contributed by atoms with van der Waals surface area (Å²) in [5, 5.41) is 5.58. The number of fused-ring (bicyclic) bond motifs is 1. The molecule has 4 rings (SSSR count). The van der Waals surface area contributed by atoms with Crippen LogP contribution < -0.4 is 14.8 Å². The minimum Gasteiger partial charge on any atom is -0.496 e. The van der Waals surface area contributed by atoms with Crippen molar-refractivity contribution in [2.24, 2.45) is 0 Å². The Kier molecular flexibility index (Phi) is 5.18. The van der Waals surface area contributed by atoms with Crippen LogP contribution >= 0.6 is 11.3 Å². The first-order chi connectivity index (χ1) is 12.7. The summed E-state index contributed by atoms with van der Waals surface area (Å²) in [5.41, 5.74) is 1.02. The first kappa shape index (κ1) is 17.8. The van der Waals surface area contributed by atoms with E-state index >= 15 is 0 Å². The molecular weight excluding hydrogens is 349 g/mol. The van der Waals surface area contributed by atoms with E-state index in [4.69, 9.17) is 9.47 Å². The van der Waals surface area contributed by atoms with Crippen LogP contribution in [0, 0.1) is 5.82 Å². The third-order valence-corrected chi connectivity index (χ3v) is 6.65. The van der Waals surface area contributed by atoms with Gasteiger partial charge in [0.2, 0.25) is 0 Å². The first-order valence-electron chi connectivity index (χ1n) is 9.49. The number of ether oxygens (including phenoxy) is 2. The zero-order valence-corrected chi connectivity index (χ0v) is 16.0. The first-order valence-corrected chi connectivity index (χ1v) is 10.4. The van der Waals surface area contributed by atoms with Crippen LogP contribution in [0.4, 0.5) is 4.39 Å². The van der Waals surface area contributed by atoms with Crippen LogP contribution in [0.25, 0.3) is 0 Å². The second kappa shape index (κ2) is 7.57. The predicted octanol–water partition coefficient (Wildman–Crippen LogP) is 5.25. The van der Waals surface area contributed by atoms with Gasteiger partial charge in [-0.1, -0.05) is 0 Å². The van der Waals surface area contributed by atoms with E-state index in [0.717, 1.165) is 55.8 Å². The third kappa shape index (κ3) is 3.60. The second-order valence-corrected chi connectivity index (χ2v) is 8.45. The van der Waals surface area contributed by atoms with Crippen LogP contribution in [0.3, 0.4) is 0 Å². The van der Waals surface area contributed by atoms with E-state index in [-0.39, 0.29) is 11.4 Å². The smallest absolute Gasteiger partial charge is 0.134 e. The quantitative estimate of drug-likeness (QED) is 0.699. The Morgan fingerprint density at radius 1 is 1.31 bits per heavy atom. The van der Waals surface area contributed by atoms with Crippen molar-refractivity contribution in [2.45, 2.75) is 56.6 Å². The van der Waals surface area contributed by atoms with Gasteiger partial charge in [0.1, 0.15) is 22.9 Å². The van der Waals surface area contributed by atoms with Gasteiger partial charge in [-0.05, 0) is 80.6 Å². The summed E-state index contributed by atoms with van der Waals surface area (Å²) in [5.74, 6) is 2.02. The minimum atomic E-state index is -0.170. The lowest BCUT2D eigenvalue weighted by molar-refractivity contribution is 0.0404. The van der Waals surface area contributed by atoms with Gasteiger partial charge in [0.05, 0.1) is 12.0 Å². The van der Waals surface area contributed by atoms with Crippen molar-refractivity contribution in [3.8, 4) is 11.5 Å². The molecule has 1 aromatic carbocycles. The van der Waals surface area contributed by atoms with Gasteiger partial charge in [0.15, 0.2) is 0 Å². The molecule has 2 aromatic rings. The van der Waals surface area contributed by atoms with E-state index in [1.54, 1.807) is 24.5 Å². The Morgan fingerprint density at radius 2 is 2.15 bits per heavy atom. The van der Waals surface area contributed by atoms with Crippen LogP contribution in [-0.4, -0.2) is 19.3 Å². The van der Waals surface area contributed by atoms with Gasteiger partial charge in [-0.3, -0.25) is 0 Å². The maximum Gasteiger partial charge on any atom is 0.134 e. The van der Waals surface area contributed by atoms with E-state index in [1.807, 2.05) is 12.1 Å². The summed E-state index contributed by atoms with van der Waals surface area (Å²) in [6.45, 7) is 1.71. The number of nitrogens with one attached hydrogen (secondary N) is 1. The Bertz CT molecular complexity index is 754. The van der Waals surface area contributed by atoms with Crippen LogP contribution in [0.5, 0.6) is 11.5 Å². The van der Waals surface area contributed by atoms with Crippen molar-refractivity contribution >= 4 is 11.3 Å². The molecule has 5 heteroatoms.